The SMILES string of the molecule is COc1ccc(C)cc1CN(C)CC(=O)N1CCN(C(=O)c2cccs2)CC1. The molecule has 0 bridgehead atoms. The lowest BCUT2D eigenvalue weighted by molar-refractivity contribution is -0.133. The van der Waals surface area contributed by atoms with Crippen molar-refractivity contribution in [3.8, 4) is 5.75 Å². The van der Waals surface area contributed by atoms with E-state index in [4.69, 9.17) is 4.74 Å². The Morgan fingerprint density at radius 2 is 1.86 bits per heavy atom. The largest absolute Gasteiger partial charge is 0.496 e. The zero-order valence-electron chi connectivity index (χ0n) is 16.7. The van der Waals surface area contributed by atoms with Crippen LogP contribution >= 0.6 is 11.3 Å². The van der Waals surface area contributed by atoms with Gasteiger partial charge in [0, 0.05) is 38.3 Å². The molecule has 0 N–H and O–H groups in total. The average Bonchev–Trinajstić information content (AvgIpc) is 3.22. The topological polar surface area (TPSA) is 53.1 Å². The van der Waals surface area contributed by atoms with E-state index in [0.717, 1.165) is 16.2 Å². The number of ether oxygens (including phenoxy) is 1. The Morgan fingerprint density at radius 3 is 2.50 bits per heavy atom. The number of hydrogen-bond acceptors (Lipinski definition) is 5. The maximum absolute atomic E-state index is 12.7. The molecule has 3 rings (SSSR count). The molecule has 0 aliphatic carbocycles. The molecule has 150 valence electrons. The van der Waals surface area contributed by atoms with Gasteiger partial charge in [0.15, 0.2) is 0 Å². The summed E-state index contributed by atoms with van der Waals surface area (Å²) < 4.78 is 5.43. The predicted octanol–water partition coefficient (Wildman–Crippen LogP) is 2.48. The highest BCUT2D eigenvalue weighted by atomic mass is 32.1. The smallest absolute Gasteiger partial charge is 0.264 e. The van der Waals surface area contributed by atoms with E-state index in [1.807, 2.05) is 58.3 Å². The number of carbonyl (C=O) groups is 2. The number of rotatable bonds is 6. The van der Waals surface area contributed by atoms with Gasteiger partial charge in [-0.05, 0) is 31.5 Å². The first-order chi connectivity index (χ1) is 13.5. The van der Waals surface area contributed by atoms with E-state index in [9.17, 15) is 9.59 Å². The van der Waals surface area contributed by atoms with Crippen LogP contribution in [0.25, 0.3) is 0 Å². The number of nitrogens with zero attached hydrogens (tertiary/aromatic N) is 3. The summed E-state index contributed by atoms with van der Waals surface area (Å²) in [5, 5.41) is 1.91. The molecule has 1 aromatic heterocycles. The number of hydrogen-bond donors (Lipinski definition) is 0. The van der Waals surface area contributed by atoms with Gasteiger partial charge in [0.1, 0.15) is 5.75 Å². The molecule has 0 saturated carbocycles. The summed E-state index contributed by atoms with van der Waals surface area (Å²) in [6, 6.07) is 9.80. The monoisotopic (exact) mass is 401 g/mol. The van der Waals surface area contributed by atoms with Crippen molar-refractivity contribution in [3.63, 3.8) is 0 Å². The molecular formula is C21H27N3O3S. The zero-order valence-corrected chi connectivity index (χ0v) is 17.5. The molecule has 1 saturated heterocycles. The number of aryl methyl sites for hydroxylation is 1. The van der Waals surface area contributed by atoms with Crippen molar-refractivity contribution < 1.29 is 14.3 Å². The number of carbonyl (C=O) groups excluding carboxylic acids is 2. The molecule has 1 aliphatic heterocycles. The third kappa shape index (κ3) is 4.91. The highest BCUT2D eigenvalue weighted by Gasteiger charge is 2.25. The third-order valence-electron chi connectivity index (χ3n) is 4.93. The van der Waals surface area contributed by atoms with E-state index < -0.39 is 0 Å². The Labute approximate surface area is 170 Å². The van der Waals surface area contributed by atoms with Crippen LogP contribution in [0.3, 0.4) is 0 Å². The fourth-order valence-electron chi connectivity index (χ4n) is 3.42. The third-order valence-corrected chi connectivity index (χ3v) is 5.79. The fraction of sp³-hybridized carbons (Fsp3) is 0.429. The van der Waals surface area contributed by atoms with Crippen LogP contribution < -0.4 is 4.74 Å². The molecule has 0 atom stereocenters. The Balaban J connectivity index is 1.50. The van der Waals surface area contributed by atoms with Gasteiger partial charge in [-0.15, -0.1) is 11.3 Å². The molecule has 0 radical (unpaired) electrons. The van der Waals surface area contributed by atoms with Gasteiger partial charge in [-0.3, -0.25) is 14.5 Å². The molecule has 0 spiro atoms. The van der Waals surface area contributed by atoms with Gasteiger partial charge in [-0.2, -0.15) is 0 Å². The number of methoxy groups -OCH3 is 1. The van der Waals surface area contributed by atoms with E-state index in [0.29, 0.717) is 39.3 Å². The molecular weight excluding hydrogens is 374 g/mol. The van der Waals surface area contributed by atoms with Gasteiger partial charge in [0.2, 0.25) is 5.91 Å². The first-order valence-electron chi connectivity index (χ1n) is 9.40. The van der Waals surface area contributed by atoms with Gasteiger partial charge < -0.3 is 14.5 Å². The lowest BCUT2D eigenvalue weighted by Gasteiger charge is -2.35. The minimum Gasteiger partial charge on any atom is -0.496 e. The van der Waals surface area contributed by atoms with Crippen LogP contribution in [-0.4, -0.2) is 73.4 Å². The molecule has 2 amide bonds. The van der Waals surface area contributed by atoms with Gasteiger partial charge in [0.05, 0.1) is 18.5 Å². The van der Waals surface area contributed by atoms with Crippen molar-refractivity contribution in [2.75, 3.05) is 46.9 Å². The maximum Gasteiger partial charge on any atom is 0.264 e. The Bertz CT molecular complexity index is 814. The Kier molecular flexibility index (Phi) is 6.70. The summed E-state index contributed by atoms with van der Waals surface area (Å²) in [6.45, 7) is 5.36. The second-order valence-electron chi connectivity index (χ2n) is 7.14. The van der Waals surface area contributed by atoms with Crippen LogP contribution in [-0.2, 0) is 11.3 Å². The predicted molar refractivity (Wildman–Crippen MR) is 111 cm³/mol. The molecule has 28 heavy (non-hydrogen) atoms. The summed E-state index contributed by atoms with van der Waals surface area (Å²) in [7, 11) is 3.60. The van der Waals surface area contributed by atoms with Gasteiger partial charge >= 0.3 is 0 Å². The van der Waals surface area contributed by atoms with E-state index >= 15 is 0 Å². The maximum atomic E-state index is 12.7. The van der Waals surface area contributed by atoms with Gasteiger partial charge in [-0.25, -0.2) is 0 Å². The van der Waals surface area contributed by atoms with E-state index in [2.05, 4.69) is 6.07 Å². The second-order valence-corrected chi connectivity index (χ2v) is 8.09. The Hall–Kier alpha value is -2.38. The fourth-order valence-corrected chi connectivity index (χ4v) is 4.11. The molecule has 2 heterocycles. The second kappa shape index (κ2) is 9.21. The summed E-state index contributed by atoms with van der Waals surface area (Å²) in [5.41, 5.74) is 2.24. The van der Waals surface area contributed by atoms with Crippen LogP contribution in [0.1, 0.15) is 20.8 Å². The standard InChI is InChI=1S/C21H27N3O3S/c1-16-6-7-18(27-3)17(13-16)14-22(2)15-20(25)23-8-10-24(11-9-23)21(26)19-5-4-12-28-19/h4-7,12-13H,8-11,14-15H2,1-3H3. The lowest BCUT2D eigenvalue weighted by atomic mass is 10.1. The van der Waals surface area contributed by atoms with Crippen molar-refractivity contribution in [3.05, 3.63) is 51.7 Å². The molecule has 6 nitrogen and oxygen atoms in total. The van der Waals surface area contributed by atoms with Gasteiger partial charge in [0.25, 0.3) is 5.91 Å². The lowest BCUT2D eigenvalue weighted by Crippen LogP contribution is -2.52. The van der Waals surface area contributed by atoms with Crippen LogP contribution in [0.2, 0.25) is 0 Å². The van der Waals surface area contributed by atoms with Crippen LogP contribution in [0.15, 0.2) is 35.7 Å². The molecule has 2 aromatic rings. The normalized spacial score (nSPS) is 14.4. The summed E-state index contributed by atoms with van der Waals surface area (Å²) in [5.74, 6) is 0.994. The number of piperazine rings is 1. The number of thiophene rings is 1. The van der Waals surface area contributed by atoms with E-state index in [1.165, 1.54) is 16.9 Å². The summed E-state index contributed by atoms with van der Waals surface area (Å²) in [4.78, 5) is 31.5. The highest BCUT2D eigenvalue weighted by molar-refractivity contribution is 7.12. The summed E-state index contributed by atoms with van der Waals surface area (Å²) in [6.07, 6.45) is 0. The van der Waals surface area contributed by atoms with Crippen molar-refractivity contribution in [2.24, 2.45) is 0 Å². The molecule has 0 unspecified atom stereocenters. The average molecular weight is 402 g/mol. The first-order valence-corrected chi connectivity index (χ1v) is 10.3. The quantitative estimate of drug-likeness (QED) is 0.746. The van der Waals surface area contributed by atoms with Gasteiger partial charge in [-0.1, -0.05) is 23.8 Å². The number of likely N-dealkylation sites (N-methyl/N-ethyl adjacent to an activating group) is 1. The minimum absolute atomic E-state index is 0.0609. The Morgan fingerprint density at radius 1 is 1.14 bits per heavy atom. The number of benzene rings is 1. The van der Waals surface area contributed by atoms with Crippen molar-refractivity contribution >= 4 is 23.2 Å². The van der Waals surface area contributed by atoms with Crippen molar-refractivity contribution in [1.29, 1.82) is 0 Å². The van der Waals surface area contributed by atoms with Crippen LogP contribution in [0.5, 0.6) is 5.75 Å². The van der Waals surface area contributed by atoms with Crippen LogP contribution in [0, 0.1) is 6.92 Å². The molecule has 1 fully saturated rings. The van der Waals surface area contributed by atoms with Crippen LogP contribution in [0.4, 0.5) is 0 Å². The molecule has 1 aromatic carbocycles. The van der Waals surface area contributed by atoms with E-state index in [1.54, 1.807) is 7.11 Å². The highest BCUT2D eigenvalue weighted by Crippen LogP contribution is 2.21. The van der Waals surface area contributed by atoms with E-state index in [-0.39, 0.29) is 11.8 Å². The first kappa shape index (κ1) is 20.4. The number of amides is 2. The minimum atomic E-state index is 0.0609. The molecule has 1 aliphatic rings. The van der Waals surface area contributed by atoms with Crippen molar-refractivity contribution in [2.45, 2.75) is 13.5 Å². The zero-order chi connectivity index (χ0) is 20.1. The van der Waals surface area contributed by atoms with Crippen molar-refractivity contribution in [1.82, 2.24) is 14.7 Å². The summed E-state index contributed by atoms with van der Waals surface area (Å²) >= 11 is 1.46. The molecule has 7 heteroatoms.